The Hall–Kier alpha value is -2.33. The molecule has 1 N–H and O–H groups in total. The zero-order chi connectivity index (χ0) is 17.2. The molecule has 1 heterocycles. The van der Waals surface area contributed by atoms with Crippen LogP contribution in [0.5, 0.6) is 0 Å². The molecule has 0 saturated carbocycles. The standard InChI is InChI=1S/C20H24N2O2/c1-20(13-24-14-20)12-21-19(23)17-6-4-5-16(11-17)15-7-9-18(10-8-15)22(2)3/h4-11H,12-14H2,1-3H3,(H,21,23). The van der Waals surface area contributed by atoms with E-state index < -0.39 is 0 Å². The fourth-order valence-corrected chi connectivity index (χ4v) is 2.74. The van der Waals surface area contributed by atoms with E-state index in [0.29, 0.717) is 25.3 Å². The maximum Gasteiger partial charge on any atom is 0.251 e. The van der Waals surface area contributed by atoms with Gasteiger partial charge in [-0.1, -0.05) is 31.2 Å². The number of amides is 1. The molecule has 1 amide bonds. The number of nitrogens with one attached hydrogen (secondary N) is 1. The number of anilines is 1. The molecule has 2 aromatic rings. The average molecular weight is 324 g/mol. The van der Waals surface area contributed by atoms with Gasteiger partial charge in [-0.2, -0.15) is 0 Å². The molecule has 0 spiro atoms. The highest BCUT2D eigenvalue weighted by Crippen LogP contribution is 2.26. The quantitative estimate of drug-likeness (QED) is 0.918. The van der Waals surface area contributed by atoms with E-state index in [1.807, 2.05) is 38.4 Å². The first-order valence-electron chi connectivity index (χ1n) is 8.21. The van der Waals surface area contributed by atoms with Crippen LogP contribution >= 0.6 is 0 Å². The summed E-state index contributed by atoms with van der Waals surface area (Å²) in [6, 6.07) is 16.1. The summed E-state index contributed by atoms with van der Waals surface area (Å²) in [5.41, 5.74) is 4.08. The van der Waals surface area contributed by atoms with Gasteiger partial charge in [0.25, 0.3) is 5.91 Å². The van der Waals surface area contributed by atoms with Crippen LogP contribution in [0.1, 0.15) is 17.3 Å². The molecule has 1 saturated heterocycles. The molecule has 0 aliphatic carbocycles. The van der Waals surface area contributed by atoms with Gasteiger partial charge in [0.2, 0.25) is 0 Å². The topological polar surface area (TPSA) is 41.6 Å². The SMILES string of the molecule is CN(C)c1ccc(-c2cccc(C(=O)NCC3(C)COC3)c2)cc1. The zero-order valence-corrected chi connectivity index (χ0v) is 14.5. The maximum atomic E-state index is 12.4. The average Bonchev–Trinajstić information content (AvgIpc) is 2.58. The van der Waals surface area contributed by atoms with Crippen molar-refractivity contribution in [3.63, 3.8) is 0 Å². The van der Waals surface area contributed by atoms with Gasteiger partial charge in [0.15, 0.2) is 0 Å². The number of hydrogen-bond donors (Lipinski definition) is 1. The van der Waals surface area contributed by atoms with E-state index >= 15 is 0 Å². The Bertz CT molecular complexity index is 719. The van der Waals surface area contributed by atoms with E-state index in [4.69, 9.17) is 4.74 Å². The van der Waals surface area contributed by atoms with Crippen molar-refractivity contribution in [2.24, 2.45) is 5.41 Å². The van der Waals surface area contributed by atoms with Crippen LogP contribution < -0.4 is 10.2 Å². The van der Waals surface area contributed by atoms with Gasteiger partial charge in [0.05, 0.1) is 13.2 Å². The summed E-state index contributed by atoms with van der Waals surface area (Å²) in [4.78, 5) is 14.5. The van der Waals surface area contributed by atoms with Crippen LogP contribution in [-0.2, 0) is 4.74 Å². The van der Waals surface area contributed by atoms with Gasteiger partial charge in [-0.25, -0.2) is 0 Å². The van der Waals surface area contributed by atoms with E-state index in [9.17, 15) is 4.79 Å². The Morgan fingerprint density at radius 3 is 2.42 bits per heavy atom. The summed E-state index contributed by atoms with van der Waals surface area (Å²) in [7, 11) is 4.04. The van der Waals surface area contributed by atoms with E-state index in [2.05, 4.69) is 41.4 Å². The minimum atomic E-state index is -0.0325. The third-order valence-electron chi connectivity index (χ3n) is 4.42. The molecule has 4 nitrogen and oxygen atoms in total. The fourth-order valence-electron chi connectivity index (χ4n) is 2.74. The Balaban J connectivity index is 1.72. The molecular weight excluding hydrogens is 300 g/mol. The molecule has 0 bridgehead atoms. The van der Waals surface area contributed by atoms with E-state index in [0.717, 1.165) is 16.8 Å². The van der Waals surface area contributed by atoms with Crippen molar-refractivity contribution in [3.05, 3.63) is 54.1 Å². The number of carbonyl (C=O) groups is 1. The van der Waals surface area contributed by atoms with Crippen molar-refractivity contribution in [1.82, 2.24) is 5.32 Å². The van der Waals surface area contributed by atoms with Gasteiger partial charge in [-0.15, -0.1) is 0 Å². The largest absolute Gasteiger partial charge is 0.380 e. The minimum absolute atomic E-state index is 0.0325. The van der Waals surface area contributed by atoms with E-state index in [1.54, 1.807) is 0 Å². The molecule has 24 heavy (non-hydrogen) atoms. The summed E-state index contributed by atoms with van der Waals surface area (Å²) in [5.74, 6) is -0.0325. The van der Waals surface area contributed by atoms with Crippen LogP contribution in [0.15, 0.2) is 48.5 Å². The van der Waals surface area contributed by atoms with Crippen LogP contribution in [0.4, 0.5) is 5.69 Å². The molecule has 1 aliphatic rings. The maximum absolute atomic E-state index is 12.4. The lowest BCUT2D eigenvalue weighted by molar-refractivity contribution is -0.0978. The van der Waals surface area contributed by atoms with Crippen molar-refractivity contribution in [1.29, 1.82) is 0 Å². The summed E-state index contributed by atoms with van der Waals surface area (Å²) < 4.78 is 5.22. The molecular formula is C20H24N2O2. The molecule has 4 heteroatoms. The first-order valence-corrected chi connectivity index (χ1v) is 8.21. The minimum Gasteiger partial charge on any atom is -0.380 e. The van der Waals surface area contributed by atoms with Gasteiger partial charge in [-0.3, -0.25) is 4.79 Å². The first-order chi connectivity index (χ1) is 11.5. The van der Waals surface area contributed by atoms with E-state index in [-0.39, 0.29) is 11.3 Å². The number of hydrogen-bond acceptors (Lipinski definition) is 3. The van der Waals surface area contributed by atoms with Crippen molar-refractivity contribution < 1.29 is 9.53 Å². The lowest BCUT2D eigenvalue weighted by Gasteiger charge is -2.38. The van der Waals surface area contributed by atoms with Crippen molar-refractivity contribution in [2.45, 2.75) is 6.92 Å². The third-order valence-corrected chi connectivity index (χ3v) is 4.42. The third kappa shape index (κ3) is 3.60. The monoisotopic (exact) mass is 324 g/mol. The van der Waals surface area contributed by atoms with Crippen LogP contribution in [0.2, 0.25) is 0 Å². The molecule has 126 valence electrons. The molecule has 0 atom stereocenters. The number of benzene rings is 2. The Morgan fingerprint density at radius 2 is 1.83 bits per heavy atom. The van der Waals surface area contributed by atoms with Crippen molar-refractivity contribution >= 4 is 11.6 Å². The zero-order valence-electron chi connectivity index (χ0n) is 14.5. The highest BCUT2D eigenvalue weighted by Gasteiger charge is 2.33. The molecule has 0 radical (unpaired) electrons. The summed E-state index contributed by atoms with van der Waals surface area (Å²) >= 11 is 0. The van der Waals surface area contributed by atoms with Gasteiger partial charge >= 0.3 is 0 Å². The van der Waals surface area contributed by atoms with Gasteiger partial charge < -0.3 is 15.0 Å². The molecule has 2 aromatic carbocycles. The van der Waals surface area contributed by atoms with Crippen molar-refractivity contribution in [2.75, 3.05) is 38.8 Å². The van der Waals surface area contributed by atoms with Crippen molar-refractivity contribution in [3.8, 4) is 11.1 Å². The molecule has 1 fully saturated rings. The predicted octanol–water partition coefficient (Wildman–Crippen LogP) is 3.19. The highest BCUT2D eigenvalue weighted by molar-refractivity contribution is 5.95. The molecule has 0 unspecified atom stereocenters. The fraction of sp³-hybridized carbons (Fsp3) is 0.350. The summed E-state index contributed by atoms with van der Waals surface area (Å²) in [6.07, 6.45) is 0. The Labute approximate surface area is 143 Å². The highest BCUT2D eigenvalue weighted by atomic mass is 16.5. The lowest BCUT2D eigenvalue weighted by Crippen LogP contribution is -2.48. The second-order valence-electron chi connectivity index (χ2n) is 7.01. The molecule has 3 rings (SSSR count). The van der Waals surface area contributed by atoms with Crippen LogP contribution in [0.3, 0.4) is 0 Å². The summed E-state index contributed by atoms with van der Waals surface area (Å²) in [5, 5.41) is 3.02. The first kappa shape index (κ1) is 16.5. The van der Waals surface area contributed by atoms with Crippen LogP contribution in [0, 0.1) is 5.41 Å². The number of carbonyl (C=O) groups excluding carboxylic acids is 1. The Kier molecular flexibility index (Phi) is 4.58. The molecule has 1 aliphatic heterocycles. The summed E-state index contributed by atoms with van der Waals surface area (Å²) in [6.45, 7) is 4.20. The number of rotatable bonds is 5. The normalized spacial score (nSPS) is 15.5. The van der Waals surface area contributed by atoms with Crippen LogP contribution in [0.25, 0.3) is 11.1 Å². The van der Waals surface area contributed by atoms with Gasteiger partial charge in [0.1, 0.15) is 0 Å². The Morgan fingerprint density at radius 1 is 1.12 bits per heavy atom. The molecule has 0 aromatic heterocycles. The number of ether oxygens (including phenoxy) is 1. The van der Waals surface area contributed by atoms with Gasteiger partial charge in [0, 0.05) is 37.3 Å². The second kappa shape index (κ2) is 6.65. The second-order valence-corrected chi connectivity index (χ2v) is 7.01. The predicted molar refractivity (Wildman–Crippen MR) is 97.5 cm³/mol. The smallest absolute Gasteiger partial charge is 0.251 e. The number of nitrogens with zero attached hydrogens (tertiary/aromatic N) is 1. The van der Waals surface area contributed by atoms with E-state index in [1.165, 1.54) is 0 Å². The van der Waals surface area contributed by atoms with Crippen LogP contribution in [-0.4, -0.2) is 39.8 Å². The lowest BCUT2D eigenvalue weighted by atomic mass is 9.88. The van der Waals surface area contributed by atoms with Gasteiger partial charge in [-0.05, 0) is 35.4 Å².